The molecule has 3 aromatic rings. The molecule has 33 heavy (non-hydrogen) atoms. The van der Waals surface area contributed by atoms with Crippen LogP contribution in [0, 0.1) is 0 Å². The molecule has 4 rings (SSSR count). The first kappa shape index (κ1) is 23.5. The van der Waals surface area contributed by atoms with E-state index in [9.17, 15) is 0 Å². The second-order valence-corrected chi connectivity index (χ2v) is 8.92. The largest absolute Gasteiger partial charge is 0.378 e. The second kappa shape index (κ2) is 11.5. The third-order valence-electron chi connectivity index (χ3n) is 6.11. The van der Waals surface area contributed by atoms with Gasteiger partial charge in [-0.3, -0.25) is 4.68 Å². The molecule has 1 aliphatic heterocycles. The molecular formula is C27H36N4O2. The number of nitrogens with one attached hydrogen (secondary N) is 1. The van der Waals surface area contributed by atoms with E-state index in [1.165, 1.54) is 33.8 Å². The number of hydrogen-bond acceptors (Lipinski definition) is 5. The van der Waals surface area contributed by atoms with Crippen LogP contribution in [-0.4, -0.2) is 36.1 Å². The molecule has 1 aromatic heterocycles. The lowest BCUT2D eigenvalue weighted by Crippen LogP contribution is -2.38. The molecule has 2 heterocycles. The molecule has 0 amide bonds. The van der Waals surface area contributed by atoms with Gasteiger partial charge in [-0.1, -0.05) is 68.4 Å². The topological polar surface area (TPSA) is 51.5 Å². The summed E-state index contributed by atoms with van der Waals surface area (Å²) in [7, 11) is 2.06. The van der Waals surface area contributed by atoms with Crippen molar-refractivity contribution in [2.75, 3.05) is 31.2 Å². The van der Waals surface area contributed by atoms with E-state index in [1.54, 1.807) is 0 Å². The van der Waals surface area contributed by atoms with E-state index in [0.29, 0.717) is 19.1 Å². The molecule has 0 unspecified atom stereocenters. The van der Waals surface area contributed by atoms with E-state index >= 15 is 0 Å². The summed E-state index contributed by atoms with van der Waals surface area (Å²) < 4.78 is 13.6. The SMILES string of the molecule is CC(C)c1nn(C)c(N2CCOCC2)c1CNCc1ccccc1COCc1ccccc1. The van der Waals surface area contributed by atoms with Crippen molar-refractivity contribution in [1.29, 1.82) is 0 Å². The molecule has 2 aromatic carbocycles. The first-order valence-corrected chi connectivity index (χ1v) is 11.9. The third kappa shape index (κ3) is 6.02. The zero-order valence-electron chi connectivity index (χ0n) is 20.1. The first-order valence-electron chi connectivity index (χ1n) is 11.9. The Bertz CT molecular complexity index is 1010. The highest BCUT2D eigenvalue weighted by molar-refractivity contribution is 5.51. The molecule has 0 spiro atoms. The highest BCUT2D eigenvalue weighted by Crippen LogP contribution is 2.29. The molecule has 1 N–H and O–H groups in total. The number of aromatic nitrogens is 2. The van der Waals surface area contributed by atoms with Crippen LogP contribution in [0.15, 0.2) is 54.6 Å². The van der Waals surface area contributed by atoms with Crippen LogP contribution >= 0.6 is 0 Å². The standard InChI is InChI=1S/C27H36N4O2/c1-21(2)26-25(27(30(3)29-26)31-13-15-32-16-14-31)18-28-17-23-11-7-8-12-24(23)20-33-19-22-9-5-4-6-10-22/h4-12,21,28H,13-20H2,1-3H3. The summed E-state index contributed by atoms with van der Waals surface area (Å²) in [5.74, 6) is 1.59. The highest BCUT2D eigenvalue weighted by atomic mass is 16.5. The van der Waals surface area contributed by atoms with E-state index in [4.69, 9.17) is 14.6 Å². The molecule has 0 saturated carbocycles. The smallest absolute Gasteiger partial charge is 0.131 e. The quantitative estimate of drug-likeness (QED) is 0.499. The fraction of sp³-hybridized carbons (Fsp3) is 0.444. The van der Waals surface area contributed by atoms with E-state index in [2.05, 4.69) is 67.5 Å². The molecular weight excluding hydrogens is 412 g/mol. The van der Waals surface area contributed by atoms with Crippen molar-refractivity contribution in [2.24, 2.45) is 7.05 Å². The second-order valence-electron chi connectivity index (χ2n) is 8.92. The van der Waals surface area contributed by atoms with Crippen LogP contribution in [0.25, 0.3) is 0 Å². The molecule has 6 nitrogen and oxygen atoms in total. The number of anilines is 1. The van der Waals surface area contributed by atoms with Gasteiger partial charge in [0.2, 0.25) is 0 Å². The summed E-state index contributed by atoms with van der Waals surface area (Å²) in [6.45, 7) is 10.6. The highest BCUT2D eigenvalue weighted by Gasteiger charge is 2.24. The van der Waals surface area contributed by atoms with Gasteiger partial charge in [0, 0.05) is 38.8 Å². The van der Waals surface area contributed by atoms with E-state index < -0.39 is 0 Å². The minimum absolute atomic E-state index is 0.376. The Morgan fingerprint density at radius 3 is 2.36 bits per heavy atom. The van der Waals surface area contributed by atoms with Crippen LogP contribution in [-0.2, 0) is 42.8 Å². The van der Waals surface area contributed by atoms with Crippen LogP contribution in [0.1, 0.15) is 47.7 Å². The summed E-state index contributed by atoms with van der Waals surface area (Å²) in [5.41, 5.74) is 6.16. The molecule has 0 atom stereocenters. The van der Waals surface area contributed by atoms with Crippen molar-refractivity contribution >= 4 is 5.82 Å². The Kier molecular flexibility index (Phi) is 8.15. The van der Waals surface area contributed by atoms with Crippen molar-refractivity contribution in [3.63, 3.8) is 0 Å². The van der Waals surface area contributed by atoms with E-state index in [1.807, 2.05) is 22.9 Å². The fourth-order valence-electron chi connectivity index (χ4n) is 4.43. The van der Waals surface area contributed by atoms with Crippen LogP contribution in [0.5, 0.6) is 0 Å². The van der Waals surface area contributed by atoms with Crippen molar-refractivity contribution < 1.29 is 9.47 Å². The fourth-order valence-corrected chi connectivity index (χ4v) is 4.43. The van der Waals surface area contributed by atoms with Gasteiger partial charge < -0.3 is 19.7 Å². The van der Waals surface area contributed by atoms with Crippen LogP contribution in [0.4, 0.5) is 5.82 Å². The van der Waals surface area contributed by atoms with Gasteiger partial charge in [0.15, 0.2) is 0 Å². The van der Waals surface area contributed by atoms with Gasteiger partial charge >= 0.3 is 0 Å². The molecule has 0 radical (unpaired) electrons. The maximum absolute atomic E-state index is 6.00. The summed E-state index contributed by atoms with van der Waals surface area (Å²) in [6.07, 6.45) is 0. The number of aryl methyl sites for hydroxylation is 1. The van der Waals surface area contributed by atoms with Crippen LogP contribution in [0.2, 0.25) is 0 Å². The lowest BCUT2D eigenvalue weighted by Gasteiger charge is -2.29. The van der Waals surface area contributed by atoms with Gasteiger partial charge in [-0.15, -0.1) is 0 Å². The van der Waals surface area contributed by atoms with E-state index in [-0.39, 0.29) is 0 Å². The molecule has 0 aliphatic carbocycles. The van der Waals surface area contributed by atoms with E-state index in [0.717, 1.165) is 39.4 Å². The minimum atomic E-state index is 0.376. The van der Waals surface area contributed by atoms with Gasteiger partial charge in [-0.2, -0.15) is 5.10 Å². The minimum Gasteiger partial charge on any atom is -0.378 e. The zero-order valence-corrected chi connectivity index (χ0v) is 20.1. The predicted molar refractivity (Wildman–Crippen MR) is 132 cm³/mol. The third-order valence-corrected chi connectivity index (χ3v) is 6.11. The van der Waals surface area contributed by atoms with Gasteiger partial charge in [0.05, 0.1) is 32.1 Å². The molecule has 176 valence electrons. The Labute approximate surface area is 197 Å². The summed E-state index contributed by atoms with van der Waals surface area (Å²) in [6, 6.07) is 18.8. The van der Waals surface area contributed by atoms with Crippen molar-refractivity contribution in [2.45, 2.75) is 46.1 Å². The van der Waals surface area contributed by atoms with Gasteiger partial charge in [-0.25, -0.2) is 0 Å². The molecule has 1 saturated heterocycles. The number of morpholine rings is 1. The van der Waals surface area contributed by atoms with Crippen LogP contribution in [0.3, 0.4) is 0 Å². The Morgan fingerprint density at radius 2 is 1.64 bits per heavy atom. The Hall–Kier alpha value is -2.67. The number of nitrogens with zero attached hydrogens (tertiary/aromatic N) is 3. The number of benzene rings is 2. The first-order chi connectivity index (χ1) is 16.1. The van der Waals surface area contributed by atoms with Gasteiger partial charge in [0.1, 0.15) is 5.82 Å². The summed E-state index contributed by atoms with van der Waals surface area (Å²) in [5, 5.41) is 8.56. The number of rotatable bonds is 10. The van der Waals surface area contributed by atoms with Crippen LogP contribution < -0.4 is 10.2 Å². The monoisotopic (exact) mass is 448 g/mol. The Balaban J connectivity index is 1.41. The molecule has 0 bridgehead atoms. The maximum atomic E-state index is 6.00. The summed E-state index contributed by atoms with van der Waals surface area (Å²) in [4.78, 5) is 2.41. The molecule has 6 heteroatoms. The molecule has 1 aliphatic rings. The number of hydrogen-bond donors (Lipinski definition) is 1. The number of ether oxygens (including phenoxy) is 2. The predicted octanol–water partition coefficient (Wildman–Crippen LogP) is 4.39. The average Bonchev–Trinajstić information content (AvgIpc) is 3.17. The van der Waals surface area contributed by atoms with Crippen molar-refractivity contribution in [3.8, 4) is 0 Å². The lowest BCUT2D eigenvalue weighted by molar-refractivity contribution is 0.106. The average molecular weight is 449 g/mol. The summed E-state index contributed by atoms with van der Waals surface area (Å²) >= 11 is 0. The van der Waals surface area contributed by atoms with Crippen molar-refractivity contribution in [3.05, 3.63) is 82.5 Å². The van der Waals surface area contributed by atoms with Gasteiger partial charge in [0.25, 0.3) is 0 Å². The molecule has 1 fully saturated rings. The Morgan fingerprint density at radius 1 is 0.939 bits per heavy atom. The lowest BCUT2D eigenvalue weighted by atomic mass is 10.0. The van der Waals surface area contributed by atoms with Gasteiger partial charge in [-0.05, 0) is 22.6 Å². The normalized spacial score (nSPS) is 14.2. The maximum Gasteiger partial charge on any atom is 0.131 e. The van der Waals surface area contributed by atoms with Crippen molar-refractivity contribution in [1.82, 2.24) is 15.1 Å². The zero-order chi connectivity index (χ0) is 23.0.